The largest absolute Gasteiger partial charge is 0.492 e. The predicted octanol–water partition coefficient (Wildman–Crippen LogP) is 1.70. The van der Waals surface area contributed by atoms with Crippen LogP contribution in [0.2, 0.25) is 0 Å². The van der Waals surface area contributed by atoms with Crippen LogP contribution >= 0.6 is 0 Å². The average Bonchev–Trinajstić information content (AvgIpc) is 2.41. The Kier molecular flexibility index (Phi) is 4.38. The lowest BCUT2D eigenvalue weighted by Crippen LogP contribution is -2.39. The highest BCUT2D eigenvalue weighted by Crippen LogP contribution is 2.46. The quantitative estimate of drug-likeness (QED) is 0.655. The Hall–Kier alpha value is -1.04. The van der Waals surface area contributed by atoms with Crippen LogP contribution in [0, 0.1) is 0 Å². The molecular formula is C16H25BO4. The second-order valence-electron chi connectivity index (χ2n) is 7.13. The number of hydrogen-bond donors (Lipinski definition) is 2. The number of benzene rings is 1. The van der Waals surface area contributed by atoms with Gasteiger partial charge in [0.25, 0.3) is 0 Å². The van der Waals surface area contributed by atoms with Crippen LogP contribution in [-0.4, -0.2) is 31.1 Å². The first kappa shape index (κ1) is 16.3. The maximum atomic E-state index is 9.64. The first-order valence-electron chi connectivity index (χ1n) is 7.36. The minimum atomic E-state index is -1.55. The van der Waals surface area contributed by atoms with Crippen molar-refractivity contribution in [1.29, 1.82) is 0 Å². The standard InChI is InChI=1S/C16H25BO4/c1-15(2)6-7-16(3,4)12-9-14(21-10-20-5)13(17(18)19)8-11(12)15/h8-9,18-19H,6-7,10H2,1-5H3. The van der Waals surface area contributed by atoms with Gasteiger partial charge in [-0.15, -0.1) is 0 Å². The summed E-state index contributed by atoms with van der Waals surface area (Å²) in [6.07, 6.45) is 2.17. The molecule has 1 aromatic carbocycles. The Labute approximate surface area is 127 Å². The van der Waals surface area contributed by atoms with Gasteiger partial charge in [-0.05, 0) is 40.9 Å². The summed E-state index contributed by atoms with van der Waals surface area (Å²) in [6, 6.07) is 3.83. The Morgan fingerprint density at radius 1 is 1.05 bits per heavy atom. The van der Waals surface area contributed by atoms with Crippen LogP contribution in [0.1, 0.15) is 51.7 Å². The minimum Gasteiger partial charge on any atom is -0.468 e. The molecule has 4 nitrogen and oxygen atoms in total. The summed E-state index contributed by atoms with van der Waals surface area (Å²) in [6.45, 7) is 8.92. The van der Waals surface area contributed by atoms with Gasteiger partial charge in [-0.1, -0.05) is 33.8 Å². The summed E-state index contributed by atoms with van der Waals surface area (Å²) in [5, 5.41) is 19.3. The van der Waals surface area contributed by atoms with Gasteiger partial charge in [-0.3, -0.25) is 0 Å². The van der Waals surface area contributed by atoms with E-state index in [1.807, 2.05) is 12.1 Å². The molecule has 0 amide bonds. The van der Waals surface area contributed by atoms with Gasteiger partial charge in [0.15, 0.2) is 6.79 Å². The summed E-state index contributed by atoms with van der Waals surface area (Å²) in [4.78, 5) is 0. The normalized spacial score (nSPS) is 19.0. The molecule has 1 aliphatic rings. The maximum Gasteiger partial charge on any atom is 0.492 e. The molecule has 0 spiro atoms. The number of rotatable bonds is 4. The SMILES string of the molecule is COCOc1cc2c(cc1B(O)O)C(C)(C)CCC2(C)C. The molecule has 0 fully saturated rings. The fraction of sp³-hybridized carbons (Fsp3) is 0.625. The molecule has 0 bridgehead atoms. The zero-order valence-corrected chi connectivity index (χ0v) is 13.6. The van der Waals surface area contributed by atoms with E-state index in [0.29, 0.717) is 11.2 Å². The van der Waals surface area contributed by atoms with Gasteiger partial charge >= 0.3 is 7.12 Å². The number of fused-ring (bicyclic) bond motifs is 1. The number of ether oxygens (including phenoxy) is 2. The van der Waals surface area contributed by atoms with E-state index in [2.05, 4.69) is 27.7 Å². The first-order valence-corrected chi connectivity index (χ1v) is 7.36. The molecule has 0 aliphatic heterocycles. The lowest BCUT2D eigenvalue weighted by Gasteiger charge is -2.42. The molecule has 0 saturated heterocycles. The summed E-state index contributed by atoms with van der Waals surface area (Å²) >= 11 is 0. The Bertz CT molecular complexity index is 523. The van der Waals surface area contributed by atoms with Crippen LogP contribution < -0.4 is 10.2 Å². The van der Waals surface area contributed by atoms with E-state index in [1.165, 1.54) is 11.1 Å². The zero-order chi connectivity index (χ0) is 15.8. The Morgan fingerprint density at radius 2 is 1.57 bits per heavy atom. The Balaban J connectivity index is 2.60. The van der Waals surface area contributed by atoms with Crippen molar-refractivity contribution in [3.63, 3.8) is 0 Å². The number of hydrogen-bond acceptors (Lipinski definition) is 4. The lowest BCUT2D eigenvalue weighted by molar-refractivity contribution is 0.0515. The summed E-state index contributed by atoms with van der Waals surface area (Å²) in [5.74, 6) is 0.483. The molecule has 0 aromatic heterocycles. The smallest absolute Gasteiger partial charge is 0.468 e. The van der Waals surface area contributed by atoms with E-state index >= 15 is 0 Å². The molecule has 0 saturated carbocycles. The second kappa shape index (κ2) is 5.63. The molecule has 5 heteroatoms. The van der Waals surface area contributed by atoms with Crippen molar-refractivity contribution in [1.82, 2.24) is 0 Å². The van der Waals surface area contributed by atoms with Crippen molar-refractivity contribution in [3.8, 4) is 5.75 Å². The van der Waals surface area contributed by atoms with Crippen LogP contribution in [0.5, 0.6) is 5.75 Å². The monoisotopic (exact) mass is 292 g/mol. The van der Waals surface area contributed by atoms with Crippen molar-refractivity contribution in [2.45, 2.75) is 51.4 Å². The molecule has 2 rings (SSSR count). The van der Waals surface area contributed by atoms with Gasteiger partial charge in [0.1, 0.15) is 5.75 Å². The minimum absolute atomic E-state index is 0.0221. The van der Waals surface area contributed by atoms with E-state index in [0.717, 1.165) is 12.8 Å². The van der Waals surface area contributed by atoms with Gasteiger partial charge < -0.3 is 19.5 Å². The molecule has 0 radical (unpaired) electrons. The topological polar surface area (TPSA) is 58.9 Å². The fourth-order valence-electron chi connectivity index (χ4n) is 3.06. The molecule has 1 aromatic rings. The highest BCUT2D eigenvalue weighted by atomic mass is 16.7. The van der Waals surface area contributed by atoms with Gasteiger partial charge in [-0.2, -0.15) is 0 Å². The highest BCUT2D eigenvalue weighted by Gasteiger charge is 2.38. The second-order valence-corrected chi connectivity index (χ2v) is 7.13. The van der Waals surface area contributed by atoms with Gasteiger partial charge in [-0.25, -0.2) is 0 Å². The van der Waals surface area contributed by atoms with E-state index in [1.54, 1.807) is 7.11 Å². The molecule has 21 heavy (non-hydrogen) atoms. The van der Waals surface area contributed by atoms with Gasteiger partial charge in [0, 0.05) is 12.6 Å². The Morgan fingerprint density at radius 3 is 2.05 bits per heavy atom. The van der Waals surface area contributed by atoms with E-state index in [9.17, 15) is 10.0 Å². The van der Waals surface area contributed by atoms with Crippen LogP contribution in [0.15, 0.2) is 12.1 Å². The highest BCUT2D eigenvalue weighted by molar-refractivity contribution is 6.59. The van der Waals surface area contributed by atoms with Gasteiger partial charge in [0.05, 0.1) is 0 Å². The molecular weight excluding hydrogens is 267 g/mol. The zero-order valence-electron chi connectivity index (χ0n) is 13.6. The predicted molar refractivity (Wildman–Crippen MR) is 84.1 cm³/mol. The van der Waals surface area contributed by atoms with E-state index in [4.69, 9.17) is 9.47 Å². The van der Waals surface area contributed by atoms with Crippen molar-refractivity contribution in [2.75, 3.05) is 13.9 Å². The average molecular weight is 292 g/mol. The van der Waals surface area contributed by atoms with E-state index < -0.39 is 7.12 Å². The molecule has 0 atom stereocenters. The molecule has 0 heterocycles. The van der Waals surface area contributed by atoms with Crippen LogP contribution in [0.4, 0.5) is 0 Å². The summed E-state index contributed by atoms with van der Waals surface area (Å²) in [7, 11) is -0.0106. The molecule has 1 aliphatic carbocycles. The fourth-order valence-corrected chi connectivity index (χ4v) is 3.06. The third kappa shape index (κ3) is 3.10. The first-order chi connectivity index (χ1) is 9.69. The van der Waals surface area contributed by atoms with Crippen LogP contribution in [0.25, 0.3) is 0 Å². The maximum absolute atomic E-state index is 9.64. The van der Waals surface area contributed by atoms with Gasteiger partial charge in [0.2, 0.25) is 0 Å². The van der Waals surface area contributed by atoms with Crippen molar-refractivity contribution >= 4 is 12.6 Å². The summed E-state index contributed by atoms with van der Waals surface area (Å²) in [5.41, 5.74) is 2.86. The van der Waals surface area contributed by atoms with Crippen molar-refractivity contribution in [3.05, 3.63) is 23.3 Å². The van der Waals surface area contributed by atoms with E-state index in [-0.39, 0.29) is 17.6 Å². The van der Waals surface area contributed by atoms with Crippen LogP contribution in [-0.2, 0) is 15.6 Å². The molecule has 0 unspecified atom stereocenters. The summed E-state index contributed by atoms with van der Waals surface area (Å²) < 4.78 is 10.5. The molecule has 2 N–H and O–H groups in total. The van der Waals surface area contributed by atoms with Crippen molar-refractivity contribution in [2.24, 2.45) is 0 Å². The third-order valence-corrected chi connectivity index (χ3v) is 4.59. The molecule has 116 valence electrons. The third-order valence-electron chi connectivity index (χ3n) is 4.59. The van der Waals surface area contributed by atoms with Crippen molar-refractivity contribution < 1.29 is 19.5 Å². The number of methoxy groups -OCH3 is 1. The lowest BCUT2D eigenvalue weighted by atomic mass is 9.61. The van der Waals surface area contributed by atoms with Crippen LogP contribution in [0.3, 0.4) is 0 Å².